The van der Waals surface area contributed by atoms with Crippen molar-refractivity contribution < 1.29 is 0 Å². The van der Waals surface area contributed by atoms with Crippen molar-refractivity contribution in [1.82, 2.24) is 9.38 Å². The summed E-state index contributed by atoms with van der Waals surface area (Å²) < 4.78 is 2.07. The molecule has 2 heterocycles. The second-order valence-electron chi connectivity index (χ2n) is 3.52. The SMILES string of the molecule is C/C=C(\C)c1cn2cccc(C)c2n1. The molecule has 0 amide bonds. The lowest BCUT2D eigenvalue weighted by Gasteiger charge is -1.93. The second-order valence-corrected chi connectivity index (χ2v) is 3.52. The smallest absolute Gasteiger partial charge is 0.140 e. The Labute approximate surface area is 83.9 Å². The first-order chi connectivity index (χ1) is 6.72. The fraction of sp³-hybridized carbons (Fsp3) is 0.250. The van der Waals surface area contributed by atoms with Gasteiger partial charge in [-0.2, -0.15) is 0 Å². The summed E-state index contributed by atoms with van der Waals surface area (Å²) >= 11 is 0. The van der Waals surface area contributed by atoms with Crippen LogP contribution in [0.1, 0.15) is 25.1 Å². The molecule has 0 unspecified atom stereocenters. The minimum Gasteiger partial charge on any atom is -0.306 e. The van der Waals surface area contributed by atoms with Crippen LogP contribution in [0.25, 0.3) is 11.2 Å². The molecule has 0 fully saturated rings. The average molecular weight is 186 g/mol. The van der Waals surface area contributed by atoms with Crippen LogP contribution in [0, 0.1) is 6.92 Å². The van der Waals surface area contributed by atoms with Crippen molar-refractivity contribution in [2.45, 2.75) is 20.8 Å². The zero-order chi connectivity index (χ0) is 10.1. The van der Waals surface area contributed by atoms with Gasteiger partial charge in [-0.15, -0.1) is 0 Å². The predicted octanol–water partition coefficient (Wildman–Crippen LogP) is 3.07. The fourth-order valence-corrected chi connectivity index (χ4v) is 1.49. The van der Waals surface area contributed by atoms with Crippen LogP contribution in [-0.2, 0) is 0 Å². The highest BCUT2D eigenvalue weighted by Crippen LogP contribution is 2.15. The van der Waals surface area contributed by atoms with Gasteiger partial charge in [-0.25, -0.2) is 4.98 Å². The molecule has 2 aromatic heterocycles. The van der Waals surface area contributed by atoms with Gasteiger partial charge in [0.05, 0.1) is 5.69 Å². The van der Waals surface area contributed by atoms with Gasteiger partial charge in [0.25, 0.3) is 0 Å². The summed E-state index contributed by atoms with van der Waals surface area (Å²) in [5.74, 6) is 0. The molecule has 0 aliphatic heterocycles. The van der Waals surface area contributed by atoms with E-state index >= 15 is 0 Å². The van der Waals surface area contributed by atoms with E-state index in [2.05, 4.69) is 41.6 Å². The second kappa shape index (κ2) is 3.29. The van der Waals surface area contributed by atoms with Crippen molar-refractivity contribution in [2.24, 2.45) is 0 Å². The van der Waals surface area contributed by atoms with Gasteiger partial charge in [0.1, 0.15) is 5.65 Å². The zero-order valence-corrected chi connectivity index (χ0v) is 8.78. The topological polar surface area (TPSA) is 17.3 Å². The van der Waals surface area contributed by atoms with Crippen LogP contribution in [0.3, 0.4) is 0 Å². The van der Waals surface area contributed by atoms with Gasteiger partial charge in [-0.1, -0.05) is 12.1 Å². The Hall–Kier alpha value is -1.57. The van der Waals surface area contributed by atoms with Gasteiger partial charge in [-0.05, 0) is 38.0 Å². The first-order valence-electron chi connectivity index (χ1n) is 4.80. The van der Waals surface area contributed by atoms with E-state index in [0.717, 1.165) is 11.3 Å². The molecule has 2 rings (SSSR count). The third kappa shape index (κ3) is 1.33. The number of nitrogens with zero attached hydrogens (tertiary/aromatic N) is 2. The lowest BCUT2D eigenvalue weighted by molar-refractivity contribution is 1.16. The normalized spacial score (nSPS) is 12.4. The molecule has 0 bridgehead atoms. The van der Waals surface area contributed by atoms with Crippen molar-refractivity contribution >= 4 is 11.2 Å². The highest BCUT2D eigenvalue weighted by molar-refractivity contribution is 5.63. The molecule has 0 atom stereocenters. The van der Waals surface area contributed by atoms with Gasteiger partial charge in [-0.3, -0.25) is 0 Å². The maximum absolute atomic E-state index is 4.58. The maximum Gasteiger partial charge on any atom is 0.140 e. The summed E-state index contributed by atoms with van der Waals surface area (Å²) in [5, 5.41) is 0. The Morgan fingerprint density at radius 2 is 2.29 bits per heavy atom. The number of hydrogen-bond acceptors (Lipinski definition) is 1. The van der Waals surface area contributed by atoms with Gasteiger partial charge in [0.2, 0.25) is 0 Å². The standard InChI is InChI=1S/C12H14N2/c1-4-9(2)11-8-14-7-5-6-10(3)12(14)13-11/h4-8H,1-3H3/b9-4+. The molecule has 0 saturated heterocycles. The van der Waals surface area contributed by atoms with Crippen molar-refractivity contribution in [3.63, 3.8) is 0 Å². The number of fused-ring (bicyclic) bond motifs is 1. The number of rotatable bonds is 1. The fourth-order valence-electron chi connectivity index (χ4n) is 1.49. The minimum absolute atomic E-state index is 1.05. The zero-order valence-electron chi connectivity index (χ0n) is 8.78. The van der Waals surface area contributed by atoms with E-state index in [1.807, 2.05) is 19.2 Å². The average Bonchev–Trinajstić information content (AvgIpc) is 2.62. The largest absolute Gasteiger partial charge is 0.306 e. The van der Waals surface area contributed by atoms with E-state index in [9.17, 15) is 0 Å². The summed E-state index contributed by atoms with van der Waals surface area (Å²) in [6, 6.07) is 4.12. The summed E-state index contributed by atoms with van der Waals surface area (Å²) in [4.78, 5) is 4.58. The summed E-state index contributed by atoms with van der Waals surface area (Å²) in [6.07, 6.45) is 6.18. The first kappa shape index (κ1) is 9.00. The molecule has 2 heteroatoms. The third-order valence-corrected chi connectivity index (χ3v) is 2.51. The van der Waals surface area contributed by atoms with Crippen molar-refractivity contribution in [1.29, 1.82) is 0 Å². The highest BCUT2D eigenvalue weighted by Gasteiger charge is 2.03. The molecule has 0 aliphatic rings. The number of aryl methyl sites for hydroxylation is 1. The van der Waals surface area contributed by atoms with Crippen LogP contribution >= 0.6 is 0 Å². The summed E-state index contributed by atoms with van der Waals surface area (Å²) in [6.45, 7) is 6.19. The lowest BCUT2D eigenvalue weighted by Crippen LogP contribution is -1.83. The molecule has 0 saturated carbocycles. The summed E-state index contributed by atoms with van der Waals surface area (Å²) in [5.41, 5.74) is 4.53. The van der Waals surface area contributed by atoms with Crippen molar-refractivity contribution in [3.05, 3.63) is 41.9 Å². The third-order valence-electron chi connectivity index (χ3n) is 2.51. The van der Waals surface area contributed by atoms with Gasteiger partial charge in [0.15, 0.2) is 0 Å². The molecule has 0 spiro atoms. The molecule has 2 aromatic rings. The van der Waals surface area contributed by atoms with Gasteiger partial charge >= 0.3 is 0 Å². The van der Waals surface area contributed by atoms with Crippen LogP contribution in [-0.4, -0.2) is 9.38 Å². The molecule has 0 aromatic carbocycles. The van der Waals surface area contributed by atoms with E-state index in [4.69, 9.17) is 0 Å². The van der Waals surface area contributed by atoms with Crippen LogP contribution in [0.2, 0.25) is 0 Å². The Balaban J connectivity index is 2.68. The van der Waals surface area contributed by atoms with Gasteiger partial charge in [0, 0.05) is 12.4 Å². The monoisotopic (exact) mass is 186 g/mol. The predicted molar refractivity (Wildman–Crippen MR) is 59.3 cm³/mol. The number of hydrogen-bond donors (Lipinski definition) is 0. The Morgan fingerprint density at radius 3 is 2.93 bits per heavy atom. The maximum atomic E-state index is 4.58. The number of allylic oxidation sites excluding steroid dienone is 2. The molecule has 0 aliphatic carbocycles. The van der Waals surface area contributed by atoms with E-state index in [0.29, 0.717) is 0 Å². The molecule has 0 N–H and O–H groups in total. The van der Waals surface area contributed by atoms with E-state index < -0.39 is 0 Å². The van der Waals surface area contributed by atoms with Gasteiger partial charge < -0.3 is 4.40 Å². The molecule has 72 valence electrons. The Morgan fingerprint density at radius 1 is 1.50 bits per heavy atom. The van der Waals surface area contributed by atoms with Crippen LogP contribution in [0.4, 0.5) is 0 Å². The molecule has 2 nitrogen and oxygen atoms in total. The van der Waals surface area contributed by atoms with Crippen molar-refractivity contribution in [3.8, 4) is 0 Å². The molecule has 0 radical (unpaired) electrons. The molecular formula is C12H14N2. The van der Waals surface area contributed by atoms with Crippen LogP contribution in [0.5, 0.6) is 0 Å². The van der Waals surface area contributed by atoms with E-state index in [-0.39, 0.29) is 0 Å². The summed E-state index contributed by atoms with van der Waals surface area (Å²) in [7, 11) is 0. The lowest BCUT2D eigenvalue weighted by atomic mass is 10.2. The Kier molecular flexibility index (Phi) is 2.12. The van der Waals surface area contributed by atoms with Crippen LogP contribution < -0.4 is 0 Å². The highest BCUT2D eigenvalue weighted by atomic mass is 15.0. The molecular weight excluding hydrogens is 172 g/mol. The van der Waals surface area contributed by atoms with E-state index in [1.54, 1.807) is 0 Å². The number of pyridine rings is 1. The Bertz CT molecular complexity index is 492. The van der Waals surface area contributed by atoms with Crippen LogP contribution in [0.15, 0.2) is 30.6 Å². The quantitative estimate of drug-likeness (QED) is 0.669. The number of imidazole rings is 1. The number of aromatic nitrogens is 2. The van der Waals surface area contributed by atoms with Crippen molar-refractivity contribution in [2.75, 3.05) is 0 Å². The minimum atomic E-state index is 1.05. The first-order valence-corrected chi connectivity index (χ1v) is 4.80. The molecule has 14 heavy (non-hydrogen) atoms. The van der Waals surface area contributed by atoms with E-state index in [1.165, 1.54) is 11.1 Å².